The molecule has 0 aliphatic heterocycles. The van der Waals surface area contributed by atoms with Crippen molar-refractivity contribution in [1.82, 2.24) is 5.32 Å². The van der Waals surface area contributed by atoms with E-state index in [1.165, 1.54) is 0 Å². The van der Waals surface area contributed by atoms with Crippen LogP contribution in [0.3, 0.4) is 0 Å². The summed E-state index contributed by atoms with van der Waals surface area (Å²) in [4.78, 5) is 23.3. The van der Waals surface area contributed by atoms with Crippen LogP contribution in [0.2, 0.25) is 0 Å². The van der Waals surface area contributed by atoms with Gasteiger partial charge in [0.05, 0.1) is 11.3 Å². The number of rotatable bonds is 4. The Hall–Kier alpha value is -1.59. The zero-order valence-corrected chi connectivity index (χ0v) is 11.2. The standard InChI is InChI=1S/C12H17N3O2.ClH/c1-8(7-13)11(16)15-10-6-4-3-5-9(10)12(17)14-2;/h3-6,8H,7,13H2,1-2H3,(H,14,17)(H,15,16);1H. The molecule has 0 saturated heterocycles. The van der Waals surface area contributed by atoms with E-state index in [4.69, 9.17) is 5.73 Å². The van der Waals surface area contributed by atoms with E-state index in [1.54, 1.807) is 38.2 Å². The van der Waals surface area contributed by atoms with E-state index in [0.29, 0.717) is 11.3 Å². The van der Waals surface area contributed by atoms with Crippen LogP contribution in [0, 0.1) is 5.92 Å². The quantitative estimate of drug-likeness (QED) is 0.764. The highest BCUT2D eigenvalue weighted by molar-refractivity contribution is 6.04. The van der Waals surface area contributed by atoms with Gasteiger partial charge in [0.1, 0.15) is 0 Å². The lowest BCUT2D eigenvalue weighted by Gasteiger charge is -2.12. The van der Waals surface area contributed by atoms with Gasteiger partial charge in [-0.3, -0.25) is 9.59 Å². The normalized spacial score (nSPS) is 11.1. The molecule has 0 aromatic heterocycles. The lowest BCUT2D eigenvalue weighted by atomic mass is 10.1. The Kier molecular flexibility index (Phi) is 7.00. The van der Waals surface area contributed by atoms with Crippen LogP contribution in [0.5, 0.6) is 0 Å². The molecule has 1 aromatic carbocycles. The summed E-state index contributed by atoms with van der Waals surface area (Å²) in [6.45, 7) is 2.01. The number of nitrogens with two attached hydrogens (primary N) is 1. The predicted molar refractivity (Wildman–Crippen MR) is 73.9 cm³/mol. The highest BCUT2D eigenvalue weighted by atomic mass is 35.5. The highest BCUT2D eigenvalue weighted by Gasteiger charge is 2.15. The molecule has 6 heteroatoms. The third-order valence-corrected chi connectivity index (χ3v) is 2.46. The number of halogens is 1. The van der Waals surface area contributed by atoms with E-state index in [1.807, 2.05) is 0 Å². The van der Waals surface area contributed by atoms with Gasteiger partial charge in [0.2, 0.25) is 5.91 Å². The fourth-order valence-electron chi connectivity index (χ4n) is 1.29. The number of carbonyl (C=O) groups excluding carboxylic acids is 2. The molecular formula is C12H18ClN3O2. The summed E-state index contributed by atoms with van der Waals surface area (Å²) in [5, 5.41) is 5.22. The average molecular weight is 272 g/mol. The molecule has 1 rings (SSSR count). The molecule has 0 fully saturated rings. The Morgan fingerprint density at radius 1 is 1.33 bits per heavy atom. The smallest absolute Gasteiger partial charge is 0.253 e. The van der Waals surface area contributed by atoms with Crippen LogP contribution in [0.25, 0.3) is 0 Å². The molecule has 1 unspecified atom stereocenters. The minimum Gasteiger partial charge on any atom is -0.355 e. The van der Waals surface area contributed by atoms with Gasteiger partial charge in [0.15, 0.2) is 0 Å². The fourth-order valence-corrected chi connectivity index (χ4v) is 1.29. The molecule has 0 heterocycles. The van der Waals surface area contributed by atoms with Gasteiger partial charge in [-0.2, -0.15) is 0 Å². The molecule has 1 aromatic rings. The molecule has 0 saturated carbocycles. The molecule has 0 radical (unpaired) electrons. The topological polar surface area (TPSA) is 84.2 Å². The van der Waals surface area contributed by atoms with Crippen molar-refractivity contribution in [2.24, 2.45) is 11.7 Å². The van der Waals surface area contributed by atoms with Gasteiger partial charge in [-0.1, -0.05) is 19.1 Å². The molecule has 4 N–H and O–H groups in total. The summed E-state index contributed by atoms with van der Waals surface area (Å²) in [6, 6.07) is 6.84. The second-order valence-electron chi connectivity index (χ2n) is 3.75. The van der Waals surface area contributed by atoms with Gasteiger partial charge in [-0.15, -0.1) is 12.4 Å². The molecule has 0 aliphatic rings. The fraction of sp³-hybridized carbons (Fsp3) is 0.333. The van der Waals surface area contributed by atoms with Crippen molar-refractivity contribution in [3.8, 4) is 0 Å². The number of carbonyl (C=O) groups is 2. The van der Waals surface area contributed by atoms with Crippen LogP contribution < -0.4 is 16.4 Å². The van der Waals surface area contributed by atoms with Crippen LogP contribution in [0.4, 0.5) is 5.69 Å². The molecular weight excluding hydrogens is 254 g/mol. The van der Waals surface area contributed by atoms with E-state index in [0.717, 1.165) is 0 Å². The number of anilines is 1. The van der Waals surface area contributed by atoms with Crippen LogP contribution in [-0.2, 0) is 4.79 Å². The Morgan fingerprint density at radius 2 is 1.94 bits per heavy atom. The summed E-state index contributed by atoms with van der Waals surface area (Å²) < 4.78 is 0. The van der Waals surface area contributed by atoms with Crippen LogP contribution in [0.1, 0.15) is 17.3 Å². The van der Waals surface area contributed by atoms with E-state index in [9.17, 15) is 9.59 Å². The number of hydrogen-bond acceptors (Lipinski definition) is 3. The number of hydrogen-bond donors (Lipinski definition) is 3. The lowest BCUT2D eigenvalue weighted by molar-refractivity contribution is -0.119. The van der Waals surface area contributed by atoms with Crippen molar-refractivity contribution >= 4 is 29.9 Å². The summed E-state index contributed by atoms with van der Waals surface area (Å²) in [7, 11) is 1.55. The second-order valence-corrected chi connectivity index (χ2v) is 3.75. The number of nitrogens with one attached hydrogen (secondary N) is 2. The molecule has 0 spiro atoms. The van der Waals surface area contributed by atoms with E-state index in [-0.39, 0.29) is 36.7 Å². The Labute approximate surface area is 113 Å². The second kappa shape index (κ2) is 7.68. The van der Waals surface area contributed by atoms with Crippen LogP contribution >= 0.6 is 12.4 Å². The summed E-state index contributed by atoms with van der Waals surface area (Å²) >= 11 is 0. The molecule has 0 bridgehead atoms. The van der Waals surface area contributed by atoms with Crippen molar-refractivity contribution < 1.29 is 9.59 Å². The highest BCUT2D eigenvalue weighted by Crippen LogP contribution is 2.15. The molecule has 2 amide bonds. The maximum Gasteiger partial charge on any atom is 0.253 e. The summed E-state index contributed by atoms with van der Waals surface area (Å²) in [5.74, 6) is -0.710. The van der Waals surface area contributed by atoms with Gasteiger partial charge in [0, 0.05) is 19.5 Å². The lowest BCUT2D eigenvalue weighted by Crippen LogP contribution is -2.28. The monoisotopic (exact) mass is 271 g/mol. The SMILES string of the molecule is CNC(=O)c1ccccc1NC(=O)C(C)CN.Cl. The van der Waals surface area contributed by atoms with Gasteiger partial charge in [-0.25, -0.2) is 0 Å². The maximum atomic E-state index is 11.7. The number of amides is 2. The minimum atomic E-state index is -0.284. The zero-order valence-electron chi connectivity index (χ0n) is 10.4. The minimum absolute atomic E-state index is 0. The van der Waals surface area contributed by atoms with Gasteiger partial charge < -0.3 is 16.4 Å². The van der Waals surface area contributed by atoms with Crippen molar-refractivity contribution in [3.63, 3.8) is 0 Å². The van der Waals surface area contributed by atoms with Gasteiger partial charge in [0.25, 0.3) is 5.91 Å². The first-order chi connectivity index (χ1) is 8.10. The van der Waals surface area contributed by atoms with E-state index < -0.39 is 0 Å². The van der Waals surface area contributed by atoms with Crippen molar-refractivity contribution in [1.29, 1.82) is 0 Å². The molecule has 18 heavy (non-hydrogen) atoms. The first kappa shape index (κ1) is 16.4. The largest absolute Gasteiger partial charge is 0.355 e. The third-order valence-electron chi connectivity index (χ3n) is 2.46. The Morgan fingerprint density at radius 3 is 2.50 bits per heavy atom. The van der Waals surface area contributed by atoms with Crippen molar-refractivity contribution in [2.45, 2.75) is 6.92 Å². The zero-order chi connectivity index (χ0) is 12.8. The summed E-state index contributed by atoms with van der Waals surface area (Å²) in [5.41, 5.74) is 6.35. The third kappa shape index (κ3) is 4.01. The van der Waals surface area contributed by atoms with E-state index in [2.05, 4.69) is 10.6 Å². The van der Waals surface area contributed by atoms with Crippen molar-refractivity contribution in [3.05, 3.63) is 29.8 Å². The predicted octanol–water partition coefficient (Wildman–Crippen LogP) is 1.00. The van der Waals surface area contributed by atoms with Crippen LogP contribution in [0.15, 0.2) is 24.3 Å². The Balaban J connectivity index is 0.00000289. The number of para-hydroxylation sites is 1. The number of benzene rings is 1. The first-order valence-corrected chi connectivity index (χ1v) is 5.42. The maximum absolute atomic E-state index is 11.7. The molecule has 0 aliphatic carbocycles. The summed E-state index contributed by atoms with van der Waals surface area (Å²) in [6.07, 6.45) is 0. The van der Waals surface area contributed by atoms with Crippen molar-refractivity contribution in [2.75, 3.05) is 18.9 Å². The Bertz CT molecular complexity index is 424. The van der Waals surface area contributed by atoms with Gasteiger partial charge in [-0.05, 0) is 12.1 Å². The first-order valence-electron chi connectivity index (χ1n) is 5.42. The molecule has 100 valence electrons. The molecule has 5 nitrogen and oxygen atoms in total. The van der Waals surface area contributed by atoms with Gasteiger partial charge >= 0.3 is 0 Å². The van der Waals surface area contributed by atoms with E-state index >= 15 is 0 Å². The van der Waals surface area contributed by atoms with Crippen LogP contribution in [-0.4, -0.2) is 25.4 Å². The molecule has 1 atom stereocenters. The average Bonchev–Trinajstić information content (AvgIpc) is 2.37.